The molecule has 0 radical (unpaired) electrons. The molecule has 0 atom stereocenters. The number of likely N-dealkylation sites (N-methyl/N-ethyl adjacent to an activating group) is 1. The van der Waals surface area contributed by atoms with Crippen molar-refractivity contribution in [1.29, 1.82) is 0 Å². The van der Waals surface area contributed by atoms with Crippen LogP contribution in [0, 0.1) is 6.92 Å². The standard InChI is InChI=1S/C22H22N6O2/c1-3-27-12-16(13-27)22-25-20(26-30-22)15-8-7-14(2)17(10-15)24-21(29)18-11-23-19-6-4-5-9-28(18)19/h4-11,16H,3,12-13H2,1-2H3,(H,24,29). The van der Waals surface area contributed by atoms with E-state index in [2.05, 4.69) is 32.3 Å². The van der Waals surface area contributed by atoms with Crippen molar-refractivity contribution < 1.29 is 9.32 Å². The second-order valence-corrected chi connectivity index (χ2v) is 7.56. The molecule has 1 aromatic carbocycles. The number of anilines is 1. The van der Waals surface area contributed by atoms with Gasteiger partial charge in [-0.05, 0) is 37.2 Å². The zero-order chi connectivity index (χ0) is 20.7. The number of hydrogen-bond acceptors (Lipinski definition) is 6. The lowest BCUT2D eigenvalue weighted by Crippen LogP contribution is -2.44. The number of pyridine rings is 1. The summed E-state index contributed by atoms with van der Waals surface area (Å²) in [7, 11) is 0. The van der Waals surface area contributed by atoms with Crippen molar-refractivity contribution in [3.63, 3.8) is 0 Å². The van der Waals surface area contributed by atoms with Gasteiger partial charge in [0.15, 0.2) is 0 Å². The number of rotatable bonds is 5. The lowest BCUT2D eigenvalue weighted by Gasteiger charge is -2.35. The lowest BCUT2D eigenvalue weighted by molar-refractivity contribution is 0.102. The summed E-state index contributed by atoms with van der Waals surface area (Å²) in [5.74, 6) is 1.28. The van der Waals surface area contributed by atoms with E-state index in [-0.39, 0.29) is 5.91 Å². The Balaban J connectivity index is 1.38. The van der Waals surface area contributed by atoms with Gasteiger partial charge in [-0.15, -0.1) is 0 Å². The maximum Gasteiger partial charge on any atom is 0.274 e. The molecule has 1 N–H and O–H groups in total. The Morgan fingerprint density at radius 3 is 2.97 bits per heavy atom. The normalized spacial score (nSPS) is 14.7. The van der Waals surface area contributed by atoms with Crippen LogP contribution in [-0.4, -0.2) is 50.0 Å². The molecule has 0 spiro atoms. The minimum Gasteiger partial charge on any atom is -0.339 e. The van der Waals surface area contributed by atoms with Crippen LogP contribution in [0.2, 0.25) is 0 Å². The average molecular weight is 402 g/mol. The lowest BCUT2D eigenvalue weighted by atomic mass is 10.0. The van der Waals surface area contributed by atoms with Crippen LogP contribution in [0.3, 0.4) is 0 Å². The molecule has 4 aromatic rings. The zero-order valence-corrected chi connectivity index (χ0v) is 16.9. The van der Waals surface area contributed by atoms with Gasteiger partial charge in [0.05, 0.1) is 12.1 Å². The fourth-order valence-corrected chi connectivity index (χ4v) is 3.69. The van der Waals surface area contributed by atoms with E-state index in [4.69, 9.17) is 4.52 Å². The smallest absolute Gasteiger partial charge is 0.274 e. The largest absolute Gasteiger partial charge is 0.339 e. The summed E-state index contributed by atoms with van der Waals surface area (Å²) >= 11 is 0. The van der Waals surface area contributed by atoms with Crippen molar-refractivity contribution in [3.8, 4) is 11.4 Å². The molecular formula is C22H22N6O2. The summed E-state index contributed by atoms with van der Waals surface area (Å²) in [6, 6.07) is 11.4. The molecule has 4 heterocycles. The van der Waals surface area contributed by atoms with Gasteiger partial charge in [0.2, 0.25) is 11.7 Å². The maximum atomic E-state index is 12.9. The highest BCUT2D eigenvalue weighted by atomic mass is 16.5. The number of fused-ring (bicyclic) bond motifs is 1. The Labute approximate surface area is 173 Å². The number of likely N-dealkylation sites (tertiary alicyclic amines) is 1. The van der Waals surface area contributed by atoms with E-state index >= 15 is 0 Å². The molecule has 8 heteroatoms. The minimum atomic E-state index is -0.225. The fraction of sp³-hybridized carbons (Fsp3) is 0.273. The minimum absolute atomic E-state index is 0.225. The van der Waals surface area contributed by atoms with E-state index in [9.17, 15) is 4.79 Å². The summed E-state index contributed by atoms with van der Waals surface area (Å²) in [6.07, 6.45) is 3.40. The summed E-state index contributed by atoms with van der Waals surface area (Å²) in [5, 5.41) is 7.14. The Kier molecular flexibility index (Phi) is 4.55. The van der Waals surface area contributed by atoms with Crippen LogP contribution in [0.4, 0.5) is 5.69 Å². The number of aryl methyl sites for hydroxylation is 1. The Hall–Kier alpha value is -3.52. The number of carbonyl (C=O) groups is 1. The van der Waals surface area contributed by atoms with Gasteiger partial charge in [0.1, 0.15) is 11.3 Å². The molecular weight excluding hydrogens is 380 g/mol. The van der Waals surface area contributed by atoms with Gasteiger partial charge < -0.3 is 14.7 Å². The SMILES string of the molecule is CCN1CC(c2nc(-c3ccc(C)c(NC(=O)c4cnc5ccccn45)c3)no2)C1. The second kappa shape index (κ2) is 7.38. The summed E-state index contributed by atoms with van der Waals surface area (Å²) in [5.41, 5.74) is 3.65. The number of hydrogen-bond donors (Lipinski definition) is 1. The summed E-state index contributed by atoms with van der Waals surface area (Å²) < 4.78 is 7.25. The van der Waals surface area contributed by atoms with Gasteiger partial charge in [0.25, 0.3) is 5.91 Å². The predicted octanol–water partition coefficient (Wildman–Crippen LogP) is 3.36. The topological polar surface area (TPSA) is 88.6 Å². The maximum absolute atomic E-state index is 12.9. The van der Waals surface area contributed by atoms with Crippen molar-refractivity contribution in [2.45, 2.75) is 19.8 Å². The van der Waals surface area contributed by atoms with Crippen LogP contribution in [-0.2, 0) is 0 Å². The van der Waals surface area contributed by atoms with E-state index in [0.29, 0.717) is 29.0 Å². The predicted molar refractivity (Wildman–Crippen MR) is 112 cm³/mol. The number of nitrogens with zero attached hydrogens (tertiary/aromatic N) is 5. The fourth-order valence-electron chi connectivity index (χ4n) is 3.69. The third-order valence-corrected chi connectivity index (χ3v) is 5.59. The number of benzene rings is 1. The second-order valence-electron chi connectivity index (χ2n) is 7.56. The molecule has 3 aromatic heterocycles. The number of aromatic nitrogens is 4. The third-order valence-electron chi connectivity index (χ3n) is 5.59. The third kappa shape index (κ3) is 3.25. The van der Waals surface area contributed by atoms with Crippen LogP contribution in [0.25, 0.3) is 17.0 Å². The van der Waals surface area contributed by atoms with Gasteiger partial charge in [-0.25, -0.2) is 4.98 Å². The molecule has 0 saturated carbocycles. The Morgan fingerprint density at radius 2 is 2.13 bits per heavy atom. The molecule has 152 valence electrons. The van der Waals surface area contributed by atoms with Crippen molar-refractivity contribution in [1.82, 2.24) is 24.4 Å². The number of imidazole rings is 1. The highest BCUT2D eigenvalue weighted by Gasteiger charge is 2.31. The first-order chi connectivity index (χ1) is 14.6. The van der Waals surface area contributed by atoms with Gasteiger partial charge in [-0.2, -0.15) is 4.98 Å². The van der Waals surface area contributed by atoms with Crippen LogP contribution in [0.15, 0.2) is 53.3 Å². The molecule has 1 fully saturated rings. The van der Waals surface area contributed by atoms with Crippen LogP contribution in [0.5, 0.6) is 0 Å². The molecule has 5 rings (SSSR count). The molecule has 1 aliphatic heterocycles. The Bertz CT molecular complexity index is 1220. The summed E-state index contributed by atoms with van der Waals surface area (Å²) in [4.78, 5) is 24.0. The van der Waals surface area contributed by atoms with Crippen LogP contribution < -0.4 is 5.32 Å². The van der Waals surface area contributed by atoms with Gasteiger partial charge in [-0.3, -0.25) is 9.20 Å². The zero-order valence-electron chi connectivity index (χ0n) is 16.9. The molecule has 0 aliphatic carbocycles. The van der Waals surface area contributed by atoms with Crippen molar-refractivity contribution in [3.05, 3.63) is 65.9 Å². The van der Waals surface area contributed by atoms with Crippen LogP contribution >= 0.6 is 0 Å². The molecule has 1 amide bonds. The van der Waals surface area contributed by atoms with Gasteiger partial charge in [0, 0.05) is 30.5 Å². The highest BCUT2D eigenvalue weighted by molar-refractivity contribution is 6.04. The quantitative estimate of drug-likeness (QED) is 0.551. The van der Waals surface area contributed by atoms with Crippen molar-refractivity contribution in [2.75, 3.05) is 25.0 Å². The van der Waals surface area contributed by atoms with E-state index in [0.717, 1.165) is 36.4 Å². The molecule has 8 nitrogen and oxygen atoms in total. The molecule has 0 bridgehead atoms. The summed E-state index contributed by atoms with van der Waals surface area (Å²) in [6.45, 7) is 7.03. The van der Waals surface area contributed by atoms with Crippen molar-refractivity contribution in [2.24, 2.45) is 0 Å². The van der Waals surface area contributed by atoms with E-state index in [1.54, 1.807) is 10.6 Å². The molecule has 1 saturated heterocycles. The van der Waals surface area contributed by atoms with E-state index < -0.39 is 0 Å². The van der Waals surface area contributed by atoms with Crippen LogP contribution in [0.1, 0.15) is 34.8 Å². The first-order valence-electron chi connectivity index (χ1n) is 10.0. The van der Waals surface area contributed by atoms with Crippen molar-refractivity contribution >= 4 is 17.2 Å². The number of nitrogens with one attached hydrogen (secondary N) is 1. The van der Waals surface area contributed by atoms with Gasteiger partial charge in [-0.1, -0.05) is 30.3 Å². The highest BCUT2D eigenvalue weighted by Crippen LogP contribution is 2.29. The molecule has 0 unspecified atom stereocenters. The Morgan fingerprint density at radius 1 is 1.27 bits per heavy atom. The first kappa shape index (κ1) is 18.5. The molecule has 30 heavy (non-hydrogen) atoms. The van der Waals surface area contributed by atoms with E-state index in [1.807, 2.05) is 49.5 Å². The number of carbonyl (C=O) groups excluding carboxylic acids is 1. The average Bonchev–Trinajstić information content (AvgIpc) is 3.36. The number of amides is 1. The molecule has 1 aliphatic rings. The van der Waals surface area contributed by atoms with E-state index in [1.165, 1.54) is 0 Å². The van der Waals surface area contributed by atoms with Gasteiger partial charge >= 0.3 is 0 Å². The monoisotopic (exact) mass is 402 g/mol. The first-order valence-corrected chi connectivity index (χ1v) is 10.0.